The molecule has 0 spiro atoms. The topological polar surface area (TPSA) is 59.8 Å². The summed E-state index contributed by atoms with van der Waals surface area (Å²) in [5, 5.41) is 11.8. The molecule has 1 fully saturated rings. The van der Waals surface area contributed by atoms with Crippen LogP contribution in [0.2, 0.25) is 0 Å². The highest BCUT2D eigenvalue weighted by Gasteiger charge is 2.26. The van der Waals surface area contributed by atoms with Gasteiger partial charge in [-0.25, -0.2) is 0 Å². The van der Waals surface area contributed by atoms with E-state index >= 15 is 0 Å². The van der Waals surface area contributed by atoms with E-state index in [2.05, 4.69) is 20.1 Å². The Morgan fingerprint density at radius 3 is 2.80 bits per heavy atom. The molecule has 2 aliphatic rings. The molecule has 0 aromatic carbocycles. The van der Waals surface area contributed by atoms with Gasteiger partial charge in [-0.3, -0.25) is 4.79 Å². The van der Waals surface area contributed by atoms with Crippen LogP contribution in [0.15, 0.2) is 0 Å². The van der Waals surface area contributed by atoms with Gasteiger partial charge in [-0.1, -0.05) is 19.3 Å². The van der Waals surface area contributed by atoms with Crippen molar-refractivity contribution in [1.29, 1.82) is 0 Å². The second-order valence-corrected chi connectivity index (χ2v) is 6.15. The first-order valence-corrected chi connectivity index (χ1v) is 7.98. The van der Waals surface area contributed by atoms with Crippen LogP contribution in [0.25, 0.3) is 0 Å². The number of aryl methyl sites for hydroxylation is 1. The van der Waals surface area contributed by atoms with Gasteiger partial charge in [0.05, 0.1) is 6.04 Å². The van der Waals surface area contributed by atoms with Gasteiger partial charge < -0.3 is 9.88 Å². The third-order valence-electron chi connectivity index (χ3n) is 4.61. The molecule has 0 radical (unpaired) electrons. The van der Waals surface area contributed by atoms with E-state index in [0.717, 1.165) is 37.5 Å². The van der Waals surface area contributed by atoms with Gasteiger partial charge in [-0.05, 0) is 32.6 Å². The first-order valence-electron chi connectivity index (χ1n) is 7.98. The van der Waals surface area contributed by atoms with Gasteiger partial charge in [-0.15, -0.1) is 10.2 Å². The largest absolute Gasteiger partial charge is 0.346 e. The Kier molecular flexibility index (Phi) is 4.03. The van der Waals surface area contributed by atoms with Crippen LogP contribution in [0, 0.1) is 5.92 Å². The number of fused-ring (bicyclic) bond motifs is 1. The summed E-state index contributed by atoms with van der Waals surface area (Å²) in [7, 11) is 0. The van der Waals surface area contributed by atoms with E-state index in [9.17, 15) is 4.79 Å². The van der Waals surface area contributed by atoms with Crippen molar-refractivity contribution in [3.63, 3.8) is 0 Å². The fourth-order valence-corrected chi connectivity index (χ4v) is 3.41. The van der Waals surface area contributed by atoms with E-state index in [4.69, 9.17) is 0 Å². The summed E-state index contributed by atoms with van der Waals surface area (Å²) in [5.41, 5.74) is 0. The van der Waals surface area contributed by atoms with E-state index in [1.807, 2.05) is 6.92 Å². The molecule has 1 aromatic rings. The number of rotatable bonds is 3. The Labute approximate surface area is 120 Å². The average molecular weight is 276 g/mol. The fraction of sp³-hybridized carbons (Fsp3) is 0.800. The van der Waals surface area contributed by atoms with Gasteiger partial charge in [0.25, 0.3) is 0 Å². The number of amides is 1. The molecule has 110 valence electrons. The van der Waals surface area contributed by atoms with Gasteiger partial charge in [0.15, 0.2) is 5.82 Å². The molecule has 3 rings (SSSR count). The second kappa shape index (κ2) is 5.94. The summed E-state index contributed by atoms with van der Waals surface area (Å²) in [6, 6.07) is -0.0394. The lowest BCUT2D eigenvalue weighted by Gasteiger charge is -2.17. The van der Waals surface area contributed by atoms with Gasteiger partial charge in [0.1, 0.15) is 5.82 Å². The van der Waals surface area contributed by atoms with Gasteiger partial charge >= 0.3 is 0 Å². The van der Waals surface area contributed by atoms with Crippen LogP contribution >= 0.6 is 0 Å². The van der Waals surface area contributed by atoms with Crippen molar-refractivity contribution in [2.45, 2.75) is 70.9 Å². The van der Waals surface area contributed by atoms with Crippen LogP contribution in [0.4, 0.5) is 0 Å². The highest BCUT2D eigenvalue weighted by atomic mass is 16.1. The Balaban J connectivity index is 1.69. The van der Waals surface area contributed by atoms with Crippen molar-refractivity contribution in [1.82, 2.24) is 20.1 Å². The first kappa shape index (κ1) is 13.6. The van der Waals surface area contributed by atoms with Gasteiger partial charge in [-0.2, -0.15) is 0 Å². The molecule has 0 bridgehead atoms. The summed E-state index contributed by atoms with van der Waals surface area (Å²) in [6.07, 6.45) is 9.09. The normalized spacial score (nSPS) is 21.2. The molecule has 1 aliphatic heterocycles. The molecule has 1 saturated carbocycles. The Morgan fingerprint density at radius 1 is 1.20 bits per heavy atom. The van der Waals surface area contributed by atoms with Crippen molar-refractivity contribution in [2.75, 3.05) is 0 Å². The van der Waals surface area contributed by atoms with Crippen LogP contribution in [0.3, 0.4) is 0 Å². The van der Waals surface area contributed by atoms with E-state index in [1.165, 1.54) is 32.1 Å². The van der Waals surface area contributed by atoms with Gasteiger partial charge in [0, 0.05) is 18.9 Å². The maximum absolute atomic E-state index is 12.2. The molecule has 5 heteroatoms. The molecule has 1 atom stereocenters. The summed E-state index contributed by atoms with van der Waals surface area (Å²) in [4.78, 5) is 12.2. The summed E-state index contributed by atoms with van der Waals surface area (Å²) >= 11 is 0. The lowest BCUT2D eigenvalue weighted by atomic mass is 10.1. The zero-order chi connectivity index (χ0) is 13.9. The van der Waals surface area contributed by atoms with Crippen LogP contribution in [0.5, 0.6) is 0 Å². The summed E-state index contributed by atoms with van der Waals surface area (Å²) in [6.45, 7) is 3.01. The minimum absolute atomic E-state index is 0.0394. The van der Waals surface area contributed by atoms with Crippen molar-refractivity contribution < 1.29 is 4.79 Å². The molecular formula is C15H24N4O. The number of nitrogens with zero attached hydrogens (tertiary/aromatic N) is 3. The van der Waals surface area contributed by atoms with Crippen molar-refractivity contribution in [2.24, 2.45) is 5.92 Å². The molecule has 5 nitrogen and oxygen atoms in total. The maximum Gasteiger partial charge on any atom is 0.223 e. The number of nitrogens with one attached hydrogen (secondary N) is 1. The van der Waals surface area contributed by atoms with Crippen LogP contribution in [-0.2, 0) is 17.8 Å². The summed E-state index contributed by atoms with van der Waals surface area (Å²) in [5.74, 6) is 2.41. The number of carbonyl (C=O) groups excluding carboxylic acids is 1. The fourth-order valence-electron chi connectivity index (χ4n) is 3.41. The third kappa shape index (κ3) is 2.72. The van der Waals surface area contributed by atoms with Crippen LogP contribution < -0.4 is 5.32 Å². The van der Waals surface area contributed by atoms with E-state index < -0.39 is 0 Å². The average Bonchev–Trinajstić information content (AvgIpc) is 3.04. The molecular weight excluding hydrogens is 252 g/mol. The third-order valence-corrected chi connectivity index (χ3v) is 4.61. The second-order valence-electron chi connectivity index (χ2n) is 6.15. The maximum atomic E-state index is 12.2. The molecule has 0 unspecified atom stereocenters. The molecule has 1 N–H and O–H groups in total. The first-order chi connectivity index (χ1) is 9.75. The van der Waals surface area contributed by atoms with Gasteiger partial charge in [0.2, 0.25) is 5.91 Å². The standard InChI is InChI=1S/C15H24N4O/c1-11(16-15(20)12-7-4-5-8-12)14-18-17-13-9-3-2-6-10-19(13)14/h11-12H,2-10H2,1H3,(H,16,20)/t11-/m1/s1. The molecule has 1 aliphatic carbocycles. The van der Waals surface area contributed by atoms with Crippen molar-refractivity contribution in [3.8, 4) is 0 Å². The van der Waals surface area contributed by atoms with Crippen LogP contribution in [-0.4, -0.2) is 20.7 Å². The van der Waals surface area contributed by atoms with E-state index in [1.54, 1.807) is 0 Å². The zero-order valence-corrected chi connectivity index (χ0v) is 12.3. The number of hydrogen-bond donors (Lipinski definition) is 1. The number of aromatic nitrogens is 3. The SMILES string of the molecule is C[C@@H](NC(=O)C1CCCC1)c1nnc2n1CCCCC2. The Bertz CT molecular complexity index is 476. The lowest BCUT2D eigenvalue weighted by Crippen LogP contribution is -2.33. The highest BCUT2D eigenvalue weighted by Crippen LogP contribution is 2.26. The molecule has 0 saturated heterocycles. The van der Waals surface area contributed by atoms with Crippen molar-refractivity contribution >= 4 is 5.91 Å². The smallest absolute Gasteiger partial charge is 0.223 e. The van der Waals surface area contributed by atoms with Crippen molar-refractivity contribution in [3.05, 3.63) is 11.6 Å². The Hall–Kier alpha value is -1.39. The minimum atomic E-state index is -0.0394. The lowest BCUT2D eigenvalue weighted by molar-refractivity contribution is -0.125. The number of carbonyl (C=O) groups is 1. The number of hydrogen-bond acceptors (Lipinski definition) is 3. The molecule has 20 heavy (non-hydrogen) atoms. The zero-order valence-electron chi connectivity index (χ0n) is 12.3. The Morgan fingerprint density at radius 2 is 2.00 bits per heavy atom. The molecule has 2 heterocycles. The monoisotopic (exact) mass is 276 g/mol. The quantitative estimate of drug-likeness (QED) is 0.922. The predicted molar refractivity (Wildman–Crippen MR) is 76.1 cm³/mol. The molecule has 1 aromatic heterocycles. The predicted octanol–water partition coefficient (Wildman–Crippen LogP) is 2.37. The summed E-state index contributed by atoms with van der Waals surface area (Å²) < 4.78 is 2.21. The molecule has 1 amide bonds. The van der Waals surface area contributed by atoms with E-state index in [-0.39, 0.29) is 17.9 Å². The van der Waals surface area contributed by atoms with Crippen LogP contribution in [0.1, 0.15) is 69.6 Å². The highest BCUT2D eigenvalue weighted by molar-refractivity contribution is 5.79. The van der Waals surface area contributed by atoms with E-state index in [0.29, 0.717) is 0 Å². The minimum Gasteiger partial charge on any atom is -0.346 e.